The number of benzene rings is 1. The predicted molar refractivity (Wildman–Crippen MR) is 108 cm³/mol. The SMILES string of the molecule is CC(C)(C)OC(=O)NS.Fc1cccc([C@@H]2CCCc3ncc(C(F)F)n3C2)c1F. The molecule has 166 valence electrons. The molecule has 3 rings (SSSR count). The maximum atomic E-state index is 13.9. The van der Waals surface area contributed by atoms with Crippen LogP contribution in [0.2, 0.25) is 0 Å². The van der Waals surface area contributed by atoms with Gasteiger partial charge >= 0.3 is 6.09 Å². The van der Waals surface area contributed by atoms with Crippen molar-refractivity contribution in [2.45, 2.75) is 64.5 Å². The number of alkyl halides is 2. The Morgan fingerprint density at radius 1 is 1.33 bits per heavy atom. The molecule has 1 aromatic carbocycles. The highest BCUT2D eigenvalue weighted by Crippen LogP contribution is 2.33. The first kappa shape index (κ1) is 24.0. The molecule has 1 aromatic heterocycles. The first-order valence-corrected chi connectivity index (χ1v) is 9.87. The number of amides is 1. The van der Waals surface area contributed by atoms with Crippen molar-refractivity contribution >= 4 is 18.9 Å². The average molecular weight is 447 g/mol. The van der Waals surface area contributed by atoms with Crippen LogP contribution >= 0.6 is 12.8 Å². The summed E-state index contributed by atoms with van der Waals surface area (Å²) in [6.45, 7) is 5.57. The van der Waals surface area contributed by atoms with E-state index in [1.807, 2.05) is 0 Å². The lowest BCUT2D eigenvalue weighted by Crippen LogP contribution is -2.27. The van der Waals surface area contributed by atoms with E-state index in [0.29, 0.717) is 25.1 Å². The number of carbonyl (C=O) groups excluding carboxylic acids is 1. The highest BCUT2D eigenvalue weighted by atomic mass is 32.1. The number of ether oxygens (including phenoxy) is 1. The number of imidazole rings is 1. The van der Waals surface area contributed by atoms with E-state index in [1.165, 1.54) is 22.9 Å². The second-order valence-corrected chi connectivity index (χ2v) is 8.08. The van der Waals surface area contributed by atoms with Gasteiger partial charge in [0, 0.05) is 18.9 Å². The van der Waals surface area contributed by atoms with Crippen LogP contribution in [-0.2, 0) is 17.7 Å². The third-order valence-electron chi connectivity index (χ3n) is 4.46. The van der Waals surface area contributed by atoms with Crippen LogP contribution in [0.15, 0.2) is 24.4 Å². The minimum absolute atomic E-state index is 0.159. The van der Waals surface area contributed by atoms with Gasteiger partial charge < -0.3 is 9.30 Å². The van der Waals surface area contributed by atoms with Gasteiger partial charge in [0.05, 0.1) is 6.20 Å². The summed E-state index contributed by atoms with van der Waals surface area (Å²) < 4.78 is 61.6. The summed E-state index contributed by atoms with van der Waals surface area (Å²) in [4.78, 5) is 14.4. The molecule has 0 saturated heterocycles. The summed E-state index contributed by atoms with van der Waals surface area (Å²) in [5.41, 5.74) is -0.349. The molecule has 1 aliphatic rings. The molecule has 0 saturated carbocycles. The Bertz CT molecular complexity index is 868. The molecule has 0 bridgehead atoms. The smallest absolute Gasteiger partial charge is 0.417 e. The van der Waals surface area contributed by atoms with Crippen LogP contribution in [0, 0.1) is 11.6 Å². The molecular formula is C20H25F4N3O2S. The van der Waals surface area contributed by atoms with Crippen LogP contribution in [-0.4, -0.2) is 21.2 Å². The number of aromatic nitrogens is 2. The normalized spacial score (nSPS) is 16.2. The Morgan fingerprint density at radius 3 is 2.60 bits per heavy atom. The molecule has 0 unspecified atom stereocenters. The molecule has 5 nitrogen and oxygen atoms in total. The number of thiol groups is 1. The van der Waals surface area contributed by atoms with Gasteiger partial charge in [0.2, 0.25) is 0 Å². The van der Waals surface area contributed by atoms with Crippen LogP contribution in [0.3, 0.4) is 0 Å². The zero-order chi connectivity index (χ0) is 22.5. The number of rotatable bonds is 2. The summed E-state index contributed by atoms with van der Waals surface area (Å²) in [6, 6.07) is 4.03. The van der Waals surface area contributed by atoms with Crippen LogP contribution in [0.4, 0.5) is 22.4 Å². The predicted octanol–water partition coefficient (Wildman–Crippen LogP) is 5.57. The third-order valence-corrected chi connectivity index (χ3v) is 4.64. The van der Waals surface area contributed by atoms with Gasteiger partial charge in [0.15, 0.2) is 11.6 Å². The summed E-state index contributed by atoms with van der Waals surface area (Å²) in [6.07, 6.45) is -0.0785. The van der Waals surface area contributed by atoms with Gasteiger partial charge in [0.25, 0.3) is 6.43 Å². The standard InChI is InChI=1S/C15H14F4N2.C5H11NO2S/c16-11-5-2-4-10(14(11)17)9-3-1-6-13-20-7-12(15(18)19)21(13)8-9;1-5(2,3)8-4(7)6-9/h2,4-5,7,9,15H,1,3,6,8H2;9H,1-3H3,(H,6,7)/t9-;/m1./s1. The zero-order valence-electron chi connectivity index (χ0n) is 17.0. The largest absolute Gasteiger partial charge is 0.443 e. The maximum Gasteiger partial charge on any atom is 0.417 e. The van der Waals surface area contributed by atoms with Gasteiger partial charge in [-0.05, 0) is 45.2 Å². The number of hydrogen-bond donors (Lipinski definition) is 2. The van der Waals surface area contributed by atoms with E-state index in [0.717, 1.165) is 6.07 Å². The van der Waals surface area contributed by atoms with E-state index in [-0.39, 0.29) is 23.7 Å². The van der Waals surface area contributed by atoms with Gasteiger partial charge in [-0.1, -0.05) is 24.9 Å². The zero-order valence-corrected chi connectivity index (χ0v) is 17.9. The molecule has 1 amide bonds. The van der Waals surface area contributed by atoms with E-state index in [9.17, 15) is 22.4 Å². The van der Waals surface area contributed by atoms with E-state index in [4.69, 9.17) is 4.74 Å². The highest BCUT2D eigenvalue weighted by molar-refractivity contribution is 7.78. The highest BCUT2D eigenvalue weighted by Gasteiger charge is 2.26. The van der Waals surface area contributed by atoms with Gasteiger partial charge in [-0.15, -0.1) is 0 Å². The fourth-order valence-electron chi connectivity index (χ4n) is 3.22. The number of halogens is 4. The van der Waals surface area contributed by atoms with Crippen molar-refractivity contribution in [2.24, 2.45) is 0 Å². The summed E-state index contributed by atoms with van der Waals surface area (Å²) in [5, 5.41) is 0. The molecule has 1 N–H and O–H groups in total. The first-order chi connectivity index (χ1) is 14.0. The number of nitrogens with one attached hydrogen (secondary N) is 1. The van der Waals surface area contributed by atoms with Gasteiger partial charge in [-0.25, -0.2) is 27.3 Å². The van der Waals surface area contributed by atoms with Crippen LogP contribution in [0.1, 0.15) is 63.0 Å². The van der Waals surface area contributed by atoms with E-state index in [1.54, 1.807) is 20.8 Å². The molecule has 2 heterocycles. The molecule has 0 spiro atoms. The molecule has 30 heavy (non-hydrogen) atoms. The van der Waals surface area contributed by atoms with Crippen LogP contribution in [0.25, 0.3) is 0 Å². The Labute approximate surface area is 178 Å². The minimum atomic E-state index is -2.62. The number of nitrogens with zero attached hydrogens (tertiary/aromatic N) is 2. The van der Waals surface area contributed by atoms with Crippen LogP contribution < -0.4 is 4.72 Å². The Morgan fingerprint density at radius 2 is 2.03 bits per heavy atom. The fourth-order valence-corrected chi connectivity index (χ4v) is 3.27. The Balaban J connectivity index is 0.000000303. The fraction of sp³-hybridized carbons (Fsp3) is 0.500. The molecule has 1 atom stereocenters. The summed E-state index contributed by atoms with van der Waals surface area (Å²) in [5.74, 6) is -1.53. The van der Waals surface area contributed by atoms with Crippen molar-refractivity contribution in [3.8, 4) is 0 Å². The van der Waals surface area contributed by atoms with Crippen molar-refractivity contribution in [1.29, 1.82) is 0 Å². The Kier molecular flexibility index (Phi) is 8.17. The van der Waals surface area contributed by atoms with Gasteiger partial charge in [0.1, 0.15) is 17.1 Å². The summed E-state index contributed by atoms with van der Waals surface area (Å²) >= 11 is 3.50. The monoisotopic (exact) mass is 447 g/mol. The number of aryl methyl sites for hydroxylation is 1. The molecule has 0 fully saturated rings. The second-order valence-electron chi connectivity index (χ2n) is 7.86. The van der Waals surface area contributed by atoms with E-state index >= 15 is 0 Å². The first-order valence-electron chi connectivity index (χ1n) is 9.43. The quantitative estimate of drug-likeness (QED) is 0.467. The lowest BCUT2D eigenvalue weighted by atomic mass is 9.93. The molecule has 2 aromatic rings. The van der Waals surface area contributed by atoms with Crippen molar-refractivity contribution in [1.82, 2.24) is 14.3 Å². The van der Waals surface area contributed by atoms with Crippen molar-refractivity contribution < 1.29 is 27.1 Å². The molecular weight excluding hydrogens is 422 g/mol. The number of carbonyl (C=O) groups is 1. The van der Waals surface area contributed by atoms with Gasteiger partial charge in [-0.2, -0.15) is 0 Å². The number of hydrogen-bond acceptors (Lipinski definition) is 4. The lowest BCUT2D eigenvalue weighted by molar-refractivity contribution is 0.0575. The molecule has 1 aliphatic heterocycles. The van der Waals surface area contributed by atoms with E-state index < -0.39 is 29.8 Å². The topological polar surface area (TPSA) is 56.1 Å². The second kappa shape index (κ2) is 10.2. The van der Waals surface area contributed by atoms with Gasteiger partial charge in [-0.3, -0.25) is 4.72 Å². The Hall–Kier alpha value is -2.23. The molecule has 0 radical (unpaired) electrons. The molecule has 0 aliphatic carbocycles. The summed E-state index contributed by atoms with van der Waals surface area (Å²) in [7, 11) is 0. The van der Waals surface area contributed by atoms with Crippen molar-refractivity contribution in [2.75, 3.05) is 0 Å². The average Bonchev–Trinajstić information content (AvgIpc) is 2.94. The third kappa shape index (κ3) is 6.38. The minimum Gasteiger partial charge on any atom is -0.443 e. The number of fused-ring (bicyclic) bond motifs is 1. The van der Waals surface area contributed by atoms with Crippen LogP contribution in [0.5, 0.6) is 0 Å². The lowest BCUT2D eigenvalue weighted by Gasteiger charge is -2.18. The maximum absolute atomic E-state index is 13.9. The van der Waals surface area contributed by atoms with Crippen molar-refractivity contribution in [3.05, 3.63) is 53.1 Å². The molecule has 10 heteroatoms. The van der Waals surface area contributed by atoms with Crippen molar-refractivity contribution in [3.63, 3.8) is 0 Å². The van der Waals surface area contributed by atoms with E-state index in [2.05, 4.69) is 22.5 Å².